The molecule has 1 atom stereocenters. The van der Waals surface area contributed by atoms with E-state index in [1.165, 1.54) is 0 Å². The van der Waals surface area contributed by atoms with Gasteiger partial charge in [-0.15, -0.1) is 0 Å². The Morgan fingerprint density at radius 1 is 0.366 bits per heavy atom. The van der Waals surface area contributed by atoms with Crippen molar-refractivity contribution < 1.29 is 338 Å². The second kappa shape index (κ2) is 35.3. The molecule has 0 spiro atoms. The Kier molecular flexibility index (Phi) is 65.1. The molecule has 0 fully saturated rings. The summed E-state index contributed by atoms with van der Waals surface area (Å²) in [6.07, 6.45) is -6.85. The normalized spacial score (nSPS) is 12.6. The molecule has 0 radical (unpaired) electrons. The Labute approximate surface area is 438 Å². The van der Waals surface area contributed by atoms with E-state index < -0.39 is 95.6 Å². The van der Waals surface area contributed by atoms with Crippen LogP contribution in [0.25, 0.3) is 0 Å². The monoisotopic (exact) mass is 771 g/mol. The molecule has 41 heavy (non-hydrogen) atoms. The van der Waals surface area contributed by atoms with Crippen molar-refractivity contribution in [3.05, 3.63) is 0 Å². The van der Waals surface area contributed by atoms with Gasteiger partial charge in [0.2, 0.25) is 0 Å². The van der Waals surface area contributed by atoms with Crippen LogP contribution in [0.4, 0.5) is 0 Å². The molecule has 0 aromatic carbocycles. The average molecular weight is 771 g/mol. The van der Waals surface area contributed by atoms with Crippen molar-refractivity contribution >= 4 is 38.0 Å². The SMILES string of the molecule is O=P([O-])([O-])CN(CCN(CCN(CP(=O)([O-])[O-])CP(=O)([O-])[O-])CP(=O)([O-])O)CP(=O)([O-])[O-].[Na+].[Na+].[Na+].[Na+].[Na+].[Na+].[Na+].[Na+].[Na+]. The summed E-state index contributed by atoms with van der Waals surface area (Å²) in [6, 6.07) is 0. The van der Waals surface area contributed by atoms with Gasteiger partial charge in [0.25, 0.3) is 0 Å². The first kappa shape index (κ1) is 75.5. The molecule has 0 rings (SSSR count). The molecule has 0 aromatic rings. The van der Waals surface area contributed by atoms with E-state index in [-0.39, 0.29) is 266 Å². The smallest absolute Gasteiger partial charge is 0.810 e. The number of hydrogen-bond acceptors (Lipinski definition) is 17. The van der Waals surface area contributed by atoms with Crippen molar-refractivity contribution in [2.24, 2.45) is 0 Å². The van der Waals surface area contributed by atoms with Crippen LogP contribution >= 0.6 is 38.0 Å². The van der Waals surface area contributed by atoms with Crippen molar-refractivity contribution in [1.82, 2.24) is 14.7 Å². The van der Waals surface area contributed by atoms with E-state index in [1.807, 2.05) is 0 Å². The molecule has 0 saturated carbocycles. The van der Waals surface area contributed by atoms with Gasteiger partial charge in [0, 0.05) is 51.3 Å². The third kappa shape index (κ3) is 56.5. The quantitative estimate of drug-likeness (QED) is 0.112. The largest absolute Gasteiger partial charge is 1.00 e. The van der Waals surface area contributed by atoms with Crippen molar-refractivity contribution in [2.75, 3.05) is 57.6 Å². The van der Waals surface area contributed by atoms with Gasteiger partial charge in [-0.25, -0.2) is 0 Å². The Hall–Kier alpha value is 9.63. The zero-order valence-corrected chi connectivity index (χ0v) is 47.6. The van der Waals surface area contributed by atoms with Gasteiger partial charge in [-0.3, -0.25) is 14.7 Å². The second-order valence-corrected chi connectivity index (χ2v) is 14.3. The summed E-state index contributed by atoms with van der Waals surface area (Å²) < 4.78 is 54.8. The fraction of sp³-hybridized carbons (Fsp3) is 1.00. The van der Waals surface area contributed by atoms with Crippen LogP contribution < -0.4 is 310 Å². The van der Waals surface area contributed by atoms with E-state index in [9.17, 15) is 66.9 Å². The fourth-order valence-electron chi connectivity index (χ4n) is 2.42. The van der Waals surface area contributed by atoms with E-state index in [1.54, 1.807) is 0 Å². The molecule has 0 heterocycles. The van der Waals surface area contributed by atoms with Crippen LogP contribution in [0, 0.1) is 0 Å². The molecule has 0 bridgehead atoms. The number of hydrogen-bond donors (Lipinski definition) is 1. The standard InChI is InChI=1S/C9H28N3O15P5.9Na/c13-28(14,15)5-10(1-3-11(6-29(16,17)18)7-30(19,20)21)2-4-12(8-31(22,23)24)9-32(25,26)27;;;;;;;;;/h1-9H2,(H2,13,14,15)(H2,16,17,18)(H2,19,20,21)(H2,22,23,24)(H2,25,26,27);;;;;;;;;/q;9*+1/p-9. The van der Waals surface area contributed by atoms with Gasteiger partial charge in [0.15, 0.2) is 0 Å². The second-order valence-electron chi connectivity index (χ2n) is 6.70. The molecule has 1 unspecified atom stereocenters. The molecular formula is C9H19N3Na9O15P5. The summed E-state index contributed by atoms with van der Waals surface area (Å²) >= 11 is 0. The van der Waals surface area contributed by atoms with Crippen LogP contribution in [0.3, 0.4) is 0 Å². The maximum atomic E-state index is 11.2. The molecule has 18 nitrogen and oxygen atoms in total. The zero-order valence-electron chi connectivity index (χ0n) is 25.1. The molecule has 0 aromatic heterocycles. The molecule has 0 saturated heterocycles. The molecular weight excluding hydrogens is 752 g/mol. The van der Waals surface area contributed by atoms with Crippen molar-refractivity contribution in [2.45, 2.75) is 0 Å². The maximum absolute atomic E-state index is 11.2. The van der Waals surface area contributed by atoms with E-state index >= 15 is 0 Å². The van der Waals surface area contributed by atoms with Crippen LogP contribution in [0.5, 0.6) is 0 Å². The maximum Gasteiger partial charge on any atom is 1.00 e. The van der Waals surface area contributed by atoms with Gasteiger partial charge in [-0.1, -0.05) is 30.4 Å². The molecule has 0 amide bonds. The minimum Gasteiger partial charge on any atom is -0.810 e. The van der Waals surface area contributed by atoms with E-state index in [4.69, 9.17) is 4.89 Å². The number of rotatable bonds is 16. The Balaban J connectivity index is -0.000000133. The number of nitrogens with zero attached hydrogens (tertiary/aromatic N) is 3. The molecule has 0 aliphatic carbocycles. The summed E-state index contributed by atoms with van der Waals surface area (Å²) in [5.41, 5.74) is 0. The van der Waals surface area contributed by atoms with E-state index in [2.05, 4.69) is 0 Å². The molecule has 0 aliphatic rings. The van der Waals surface area contributed by atoms with Gasteiger partial charge >= 0.3 is 266 Å². The summed E-state index contributed by atoms with van der Waals surface area (Å²) in [5, 5.41) is 0. The summed E-state index contributed by atoms with van der Waals surface area (Å²) in [4.78, 5) is 109. The summed E-state index contributed by atoms with van der Waals surface area (Å²) in [6.45, 7) is -2.68. The first-order chi connectivity index (χ1) is 13.9. The van der Waals surface area contributed by atoms with Crippen LogP contribution in [0.2, 0.25) is 0 Å². The van der Waals surface area contributed by atoms with Gasteiger partial charge in [-0.2, -0.15) is 0 Å². The van der Waals surface area contributed by atoms with Gasteiger partial charge in [0.1, 0.15) is 7.60 Å². The van der Waals surface area contributed by atoms with Crippen LogP contribution in [-0.2, 0) is 22.8 Å². The van der Waals surface area contributed by atoms with Crippen LogP contribution in [0.15, 0.2) is 0 Å². The van der Waals surface area contributed by atoms with Gasteiger partial charge in [-0.05, 0) is 0 Å². The van der Waals surface area contributed by atoms with Crippen molar-refractivity contribution in [3.63, 3.8) is 0 Å². The predicted molar refractivity (Wildman–Crippen MR) is 89.6 cm³/mol. The summed E-state index contributed by atoms with van der Waals surface area (Å²) in [5.74, 6) is 0. The van der Waals surface area contributed by atoms with E-state index in [0.29, 0.717) is 9.80 Å². The Bertz CT molecular complexity index is 752. The third-order valence-corrected chi connectivity index (χ3v) is 7.08. The Morgan fingerprint density at radius 2 is 0.537 bits per heavy atom. The predicted octanol–water partition coefficient (Wildman–Crippen LogP) is -35.1. The molecule has 32 heteroatoms. The summed E-state index contributed by atoms with van der Waals surface area (Å²) in [7, 11) is -26.5. The minimum atomic E-state index is -5.35. The first-order valence-corrected chi connectivity index (χ1v) is 16.9. The third-order valence-electron chi connectivity index (χ3n) is 3.34. The van der Waals surface area contributed by atoms with Crippen molar-refractivity contribution in [3.8, 4) is 0 Å². The topological polar surface area (TPSA) is 323 Å². The Morgan fingerprint density at radius 3 is 0.683 bits per heavy atom. The molecule has 194 valence electrons. The minimum absolute atomic E-state index is 0. The molecule has 1 N–H and O–H groups in total. The fourth-order valence-corrected chi connectivity index (χ4v) is 6.45. The average Bonchev–Trinajstić information content (AvgIpc) is 2.41. The van der Waals surface area contributed by atoms with E-state index in [0.717, 1.165) is 4.90 Å². The van der Waals surface area contributed by atoms with Gasteiger partial charge in [0.05, 0.1) is 6.29 Å². The first-order valence-electron chi connectivity index (χ1n) is 8.18. The zero-order chi connectivity index (χ0) is 25.6. The van der Waals surface area contributed by atoms with Crippen LogP contribution in [0.1, 0.15) is 0 Å². The van der Waals surface area contributed by atoms with Crippen molar-refractivity contribution in [1.29, 1.82) is 0 Å². The van der Waals surface area contributed by atoms with Crippen LogP contribution in [-0.4, -0.2) is 77.2 Å². The van der Waals surface area contributed by atoms with Gasteiger partial charge < -0.3 is 71.8 Å². The molecule has 0 aliphatic heterocycles.